The highest BCUT2D eigenvalue weighted by Crippen LogP contribution is 2.14. The minimum absolute atomic E-state index is 0. The van der Waals surface area contributed by atoms with Crippen molar-refractivity contribution in [1.29, 1.82) is 0 Å². The highest BCUT2D eigenvalue weighted by molar-refractivity contribution is 14.0. The number of nitrogens with zero attached hydrogens (tertiary/aromatic N) is 2. The molecule has 114 valence electrons. The minimum Gasteiger partial charge on any atom is -0.357 e. The predicted octanol–water partition coefficient (Wildman–Crippen LogP) is 2.30. The summed E-state index contributed by atoms with van der Waals surface area (Å²) in [6.07, 6.45) is 5.08. The van der Waals surface area contributed by atoms with E-state index in [2.05, 4.69) is 36.4 Å². The van der Waals surface area contributed by atoms with E-state index in [4.69, 9.17) is 4.99 Å². The molecule has 1 aliphatic rings. The largest absolute Gasteiger partial charge is 0.357 e. The fourth-order valence-electron chi connectivity index (χ4n) is 2.32. The maximum Gasteiger partial charge on any atom is 0.191 e. The van der Waals surface area contributed by atoms with Gasteiger partial charge in [-0.1, -0.05) is 19.8 Å². The first-order chi connectivity index (χ1) is 8.76. The number of hydrogen-bond donors (Lipinski definition) is 2. The van der Waals surface area contributed by atoms with Crippen LogP contribution in [0.2, 0.25) is 0 Å². The summed E-state index contributed by atoms with van der Waals surface area (Å²) in [7, 11) is 2.19. The lowest BCUT2D eigenvalue weighted by Gasteiger charge is -2.13. The van der Waals surface area contributed by atoms with Crippen molar-refractivity contribution in [3.05, 3.63) is 0 Å². The SMILES string of the molecule is CCCCCNC(=NCC1CCN(C)C1)NCC.I. The first-order valence-corrected chi connectivity index (χ1v) is 7.47. The lowest BCUT2D eigenvalue weighted by atomic mass is 10.1. The van der Waals surface area contributed by atoms with E-state index in [9.17, 15) is 0 Å². The zero-order chi connectivity index (χ0) is 13.2. The number of nitrogens with one attached hydrogen (secondary N) is 2. The lowest BCUT2D eigenvalue weighted by molar-refractivity contribution is 0.397. The van der Waals surface area contributed by atoms with Gasteiger partial charge in [-0.2, -0.15) is 0 Å². The molecule has 4 nitrogen and oxygen atoms in total. The van der Waals surface area contributed by atoms with E-state index in [0.717, 1.165) is 31.5 Å². The van der Waals surface area contributed by atoms with E-state index < -0.39 is 0 Å². The van der Waals surface area contributed by atoms with Crippen LogP contribution in [0.15, 0.2) is 4.99 Å². The van der Waals surface area contributed by atoms with Gasteiger partial charge >= 0.3 is 0 Å². The number of halogens is 1. The van der Waals surface area contributed by atoms with Crippen molar-refractivity contribution >= 4 is 29.9 Å². The molecular formula is C14H31IN4. The third kappa shape index (κ3) is 8.68. The average molecular weight is 382 g/mol. The molecule has 1 atom stereocenters. The number of likely N-dealkylation sites (tertiary alicyclic amines) is 1. The Bertz CT molecular complexity index is 246. The van der Waals surface area contributed by atoms with Gasteiger partial charge in [0.1, 0.15) is 0 Å². The van der Waals surface area contributed by atoms with Gasteiger partial charge in [0.25, 0.3) is 0 Å². The Morgan fingerprint density at radius 2 is 2.05 bits per heavy atom. The second kappa shape index (κ2) is 11.8. The highest BCUT2D eigenvalue weighted by Gasteiger charge is 2.18. The van der Waals surface area contributed by atoms with Gasteiger partial charge in [-0.3, -0.25) is 4.99 Å². The molecule has 5 heteroatoms. The van der Waals surface area contributed by atoms with Crippen molar-refractivity contribution in [1.82, 2.24) is 15.5 Å². The summed E-state index contributed by atoms with van der Waals surface area (Å²) in [4.78, 5) is 7.09. The second-order valence-corrected chi connectivity index (χ2v) is 5.27. The summed E-state index contributed by atoms with van der Waals surface area (Å²) < 4.78 is 0. The molecule has 0 aromatic rings. The van der Waals surface area contributed by atoms with Crippen LogP contribution >= 0.6 is 24.0 Å². The third-order valence-corrected chi connectivity index (χ3v) is 3.41. The molecule has 19 heavy (non-hydrogen) atoms. The Morgan fingerprint density at radius 1 is 1.26 bits per heavy atom. The van der Waals surface area contributed by atoms with Gasteiger partial charge in [0.15, 0.2) is 5.96 Å². The molecule has 0 radical (unpaired) electrons. The quantitative estimate of drug-likeness (QED) is 0.307. The first kappa shape index (κ1) is 19.0. The molecule has 0 spiro atoms. The molecule has 1 fully saturated rings. The molecule has 0 aromatic heterocycles. The molecule has 0 bridgehead atoms. The standard InChI is InChI=1S/C14H30N4.HI/c1-4-6-7-9-16-14(15-5-2)17-11-13-8-10-18(3)12-13;/h13H,4-12H2,1-3H3,(H2,15,16,17);1H. The molecule has 1 heterocycles. The van der Waals surface area contributed by atoms with Crippen LogP contribution in [-0.4, -0.2) is 50.6 Å². The van der Waals surface area contributed by atoms with Gasteiger partial charge in [-0.25, -0.2) is 0 Å². The van der Waals surface area contributed by atoms with Crippen LogP contribution < -0.4 is 10.6 Å². The van der Waals surface area contributed by atoms with Gasteiger partial charge < -0.3 is 15.5 Å². The van der Waals surface area contributed by atoms with Crippen molar-refractivity contribution in [2.75, 3.05) is 39.8 Å². The van der Waals surface area contributed by atoms with Crippen LogP contribution in [0, 0.1) is 5.92 Å². The van der Waals surface area contributed by atoms with E-state index in [0.29, 0.717) is 0 Å². The fourth-order valence-corrected chi connectivity index (χ4v) is 2.32. The lowest BCUT2D eigenvalue weighted by Crippen LogP contribution is -2.38. The molecule has 0 amide bonds. The zero-order valence-corrected chi connectivity index (χ0v) is 15.1. The Morgan fingerprint density at radius 3 is 2.63 bits per heavy atom. The molecule has 1 saturated heterocycles. The maximum atomic E-state index is 4.70. The molecule has 0 saturated carbocycles. The minimum atomic E-state index is 0. The fraction of sp³-hybridized carbons (Fsp3) is 0.929. The van der Waals surface area contributed by atoms with Gasteiger partial charge in [0.2, 0.25) is 0 Å². The average Bonchev–Trinajstić information content (AvgIpc) is 2.77. The molecule has 1 unspecified atom stereocenters. The van der Waals surface area contributed by atoms with Gasteiger partial charge in [0.05, 0.1) is 0 Å². The second-order valence-electron chi connectivity index (χ2n) is 5.27. The van der Waals surface area contributed by atoms with Crippen LogP contribution in [0.3, 0.4) is 0 Å². The normalized spacial score (nSPS) is 20.2. The highest BCUT2D eigenvalue weighted by atomic mass is 127. The number of hydrogen-bond acceptors (Lipinski definition) is 2. The molecule has 0 aromatic carbocycles. The summed E-state index contributed by atoms with van der Waals surface area (Å²) in [6, 6.07) is 0. The van der Waals surface area contributed by atoms with Crippen LogP contribution in [-0.2, 0) is 0 Å². The molecule has 1 aliphatic heterocycles. The van der Waals surface area contributed by atoms with Crippen molar-refractivity contribution in [3.63, 3.8) is 0 Å². The number of aliphatic imine (C=N–C) groups is 1. The molecular weight excluding hydrogens is 351 g/mol. The van der Waals surface area contributed by atoms with Crippen LogP contribution in [0.25, 0.3) is 0 Å². The Balaban J connectivity index is 0.00000324. The van der Waals surface area contributed by atoms with E-state index in [-0.39, 0.29) is 24.0 Å². The summed E-state index contributed by atoms with van der Waals surface area (Å²) in [6.45, 7) is 9.68. The van der Waals surface area contributed by atoms with Gasteiger partial charge in [-0.05, 0) is 39.3 Å². The van der Waals surface area contributed by atoms with Gasteiger partial charge in [-0.15, -0.1) is 24.0 Å². The van der Waals surface area contributed by atoms with Crippen molar-refractivity contribution < 1.29 is 0 Å². The smallest absolute Gasteiger partial charge is 0.191 e. The Kier molecular flexibility index (Phi) is 11.7. The predicted molar refractivity (Wildman–Crippen MR) is 94.5 cm³/mol. The maximum absolute atomic E-state index is 4.70. The topological polar surface area (TPSA) is 39.7 Å². The van der Waals surface area contributed by atoms with E-state index in [1.54, 1.807) is 0 Å². The van der Waals surface area contributed by atoms with Crippen molar-refractivity contribution in [2.24, 2.45) is 10.9 Å². The molecule has 0 aliphatic carbocycles. The first-order valence-electron chi connectivity index (χ1n) is 7.47. The van der Waals surface area contributed by atoms with Crippen molar-refractivity contribution in [2.45, 2.75) is 39.5 Å². The summed E-state index contributed by atoms with van der Waals surface area (Å²) >= 11 is 0. The Labute approximate surface area is 135 Å². The number of guanidine groups is 1. The summed E-state index contributed by atoms with van der Waals surface area (Å²) in [5.41, 5.74) is 0. The number of rotatable bonds is 7. The van der Waals surface area contributed by atoms with Crippen LogP contribution in [0.5, 0.6) is 0 Å². The zero-order valence-electron chi connectivity index (χ0n) is 12.7. The summed E-state index contributed by atoms with van der Waals surface area (Å²) in [5.74, 6) is 1.73. The molecule has 2 N–H and O–H groups in total. The summed E-state index contributed by atoms with van der Waals surface area (Å²) in [5, 5.41) is 6.74. The van der Waals surface area contributed by atoms with E-state index >= 15 is 0 Å². The Hall–Kier alpha value is -0.0400. The number of unbranched alkanes of at least 4 members (excludes halogenated alkanes) is 2. The van der Waals surface area contributed by atoms with E-state index in [1.807, 2.05) is 0 Å². The monoisotopic (exact) mass is 382 g/mol. The van der Waals surface area contributed by atoms with Gasteiger partial charge in [0, 0.05) is 26.2 Å². The van der Waals surface area contributed by atoms with E-state index in [1.165, 1.54) is 38.8 Å². The van der Waals surface area contributed by atoms with Crippen LogP contribution in [0.4, 0.5) is 0 Å². The van der Waals surface area contributed by atoms with Crippen LogP contribution in [0.1, 0.15) is 39.5 Å². The molecule has 1 rings (SSSR count). The van der Waals surface area contributed by atoms with Crippen molar-refractivity contribution in [3.8, 4) is 0 Å². The third-order valence-electron chi connectivity index (χ3n) is 3.41.